The van der Waals surface area contributed by atoms with Crippen LogP contribution in [-0.4, -0.2) is 46.7 Å². The second-order valence-electron chi connectivity index (χ2n) is 7.35. The van der Waals surface area contributed by atoms with Crippen LogP contribution in [0.2, 0.25) is 0 Å². The fourth-order valence-electron chi connectivity index (χ4n) is 5.39. The number of hydrogen-bond donors (Lipinski definition) is 2. The Balaban J connectivity index is 1.84. The standard InChI is InChI=1S/C17H19NO4/c1-18(21)7-6-17-10-3-5-13(20)16(17)22-15-12(19)4-2-9(14(15)17)8-11(10)18/h2-5,10-11,13,16,19-20H,6-8H2,1H3/t10-,11-,13-,16-,17-,18?/m0/s1. The van der Waals surface area contributed by atoms with Crippen LogP contribution in [0.3, 0.4) is 0 Å². The van der Waals surface area contributed by atoms with E-state index in [0.717, 1.165) is 11.1 Å². The van der Waals surface area contributed by atoms with Crippen molar-refractivity contribution in [3.05, 3.63) is 40.6 Å². The van der Waals surface area contributed by atoms with Crippen molar-refractivity contribution in [2.45, 2.75) is 36.5 Å². The highest BCUT2D eigenvalue weighted by molar-refractivity contribution is 5.61. The predicted molar refractivity (Wildman–Crippen MR) is 79.4 cm³/mol. The van der Waals surface area contributed by atoms with E-state index in [-0.39, 0.29) is 27.8 Å². The van der Waals surface area contributed by atoms with Gasteiger partial charge in [-0.15, -0.1) is 0 Å². The smallest absolute Gasteiger partial charge is 0.165 e. The van der Waals surface area contributed by atoms with Gasteiger partial charge in [-0.2, -0.15) is 0 Å². The van der Waals surface area contributed by atoms with E-state index in [4.69, 9.17) is 4.74 Å². The highest BCUT2D eigenvalue weighted by Crippen LogP contribution is 2.63. The molecule has 0 amide bonds. The molecule has 5 rings (SSSR count). The first-order valence-corrected chi connectivity index (χ1v) is 7.90. The number of ether oxygens (including phenoxy) is 1. The maximum Gasteiger partial charge on any atom is 0.165 e. The van der Waals surface area contributed by atoms with E-state index >= 15 is 0 Å². The van der Waals surface area contributed by atoms with Crippen LogP contribution in [-0.2, 0) is 11.8 Å². The summed E-state index contributed by atoms with van der Waals surface area (Å²) in [6.07, 6.45) is 4.07. The fourth-order valence-corrected chi connectivity index (χ4v) is 5.39. The van der Waals surface area contributed by atoms with Crippen LogP contribution in [0.4, 0.5) is 0 Å². The quantitative estimate of drug-likeness (QED) is 0.429. The first-order valence-electron chi connectivity index (χ1n) is 7.90. The topological polar surface area (TPSA) is 72.8 Å². The van der Waals surface area contributed by atoms with E-state index < -0.39 is 12.2 Å². The zero-order chi connectivity index (χ0) is 15.3. The minimum Gasteiger partial charge on any atom is -0.633 e. The van der Waals surface area contributed by atoms with Crippen molar-refractivity contribution in [3.63, 3.8) is 0 Å². The van der Waals surface area contributed by atoms with Crippen molar-refractivity contribution >= 4 is 0 Å². The summed E-state index contributed by atoms with van der Waals surface area (Å²) in [7, 11) is 1.76. The number of rotatable bonds is 0. The van der Waals surface area contributed by atoms with Crippen LogP contribution < -0.4 is 4.74 Å². The average Bonchev–Trinajstić information content (AvgIpc) is 2.84. The summed E-state index contributed by atoms with van der Waals surface area (Å²) in [6.45, 7) is 0.524. The lowest BCUT2D eigenvalue weighted by molar-refractivity contribution is -0.898. The number of aliphatic hydroxyl groups is 1. The molecule has 5 nitrogen and oxygen atoms in total. The minimum atomic E-state index is -0.696. The number of piperidine rings is 1. The molecule has 2 aliphatic carbocycles. The lowest BCUT2D eigenvalue weighted by Crippen LogP contribution is -2.69. The Labute approximate surface area is 128 Å². The highest BCUT2D eigenvalue weighted by atomic mass is 16.5. The molecule has 1 fully saturated rings. The lowest BCUT2D eigenvalue weighted by atomic mass is 9.53. The Kier molecular flexibility index (Phi) is 2.16. The Morgan fingerprint density at radius 3 is 3.00 bits per heavy atom. The fraction of sp³-hybridized carbons (Fsp3) is 0.529. The predicted octanol–water partition coefficient (Wildman–Crippen LogP) is 1.21. The Morgan fingerprint density at radius 2 is 2.18 bits per heavy atom. The zero-order valence-electron chi connectivity index (χ0n) is 12.4. The summed E-state index contributed by atoms with van der Waals surface area (Å²) < 4.78 is 5.79. The van der Waals surface area contributed by atoms with Gasteiger partial charge in [0.25, 0.3) is 0 Å². The van der Waals surface area contributed by atoms with Gasteiger partial charge in [-0.3, -0.25) is 0 Å². The van der Waals surface area contributed by atoms with E-state index in [1.165, 1.54) is 0 Å². The SMILES string of the molecule is C[N+]1([O-])CC[C@]23c4c5ccc(O)c4O[C@H]2[C@@H](O)C=C[C@H]3[C@@H]1C5. The van der Waals surface area contributed by atoms with Crippen LogP contribution in [0.5, 0.6) is 11.5 Å². The molecule has 116 valence electrons. The van der Waals surface area contributed by atoms with Gasteiger partial charge in [-0.1, -0.05) is 18.2 Å². The molecule has 0 radical (unpaired) electrons. The summed E-state index contributed by atoms with van der Waals surface area (Å²) in [4.78, 5) is 0. The highest BCUT2D eigenvalue weighted by Gasteiger charge is 2.66. The second kappa shape index (κ2) is 3.67. The van der Waals surface area contributed by atoms with E-state index in [2.05, 4.69) is 0 Å². The van der Waals surface area contributed by atoms with Crippen molar-refractivity contribution in [2.75, 3.05) is 13.6 Å². The summed E-state index contributed by atoms with van der Waals surface area (Å²) in [6, 6.07) is 3.51. The van der Waals surface area contributed by atoms with Gasteiger partial charge in [0, 0.05) is 24.3 Å². The molecule has 2 bridgehead atoms. The second-order valence-corrected chi connectivity index (χ2v) is 7.35. The molecule has 1 aromatic rings. The number of phenols is 1. The third kappa shape index (κ3) is 1.23. The van der Waals surface area contributed by atoms with Crippen LogP contribution in [0.1, 0.15) is 17.5 Å². The van der Waals surface area contributed by atoms with Gasteiger partial charge in [-0.25, -0.2) is 0 Å². The van der Waals surface area contributed by atoms with Gasteiger partial charge in [-0.05, 0) is 11.6 Å². The van der Waals surface area contributed by atoms with E-state index in [9.17, 15) is 15.4 Å². The first-order chi connectivity index (χ1) is 10.4. The molecule has 5 heteroatoms. The molecule has 2 aliphatic heterocycles. The number of likely N-dealkylation sites (tertiary alicyclic amines) is 1. The van der Waals surface area contributed by atoms with Crippen molar-refractivity contribution in [1.29, 1.82) is 0 Å². The van der Waals surface area contributed by atoms with Crippen molar-refractivity contribution in [1.82, 2.24) is 0 Å². The third-order valence-corrected chi connectivity index (χ3v) is 6.38. The molecule has 4 aliphatic rings. The van der Waals surface area contributed by atoms with Crippen molar-refractivity contribution in [2.24, 2.45) is 5.92 Å². The maximum atomic E-state index is 12.9. The van der Waals surface area contributed by atoms with Crippen LogP contribution in [0.25, 0.3) is 0 Å². The largest absolute Gasteiger partial charge is 0.633 e. The number of hydroxylamine groups is 3. The molecule has 22 heavy (non-hydrogen) atoms. The van der Waals surface area contributed by atoms with Crippen molar-refractivity contribution in [3.8, 4) is 11.5 Å². The van der Waals surface area contributed by atoms with Gasteiger partial charge in [0.1, 0.15) is 12.2 Å². The number of hydrogen-bond acceptors (Lipinski definition) is 4. The summed E-state index contributed by atoms with van der Waals surface area (Å²) in [5, 5.41) is 33.6. The lowest BCUT2D eigenvalue weighted by Gasteiger charge is -2.61. The number of likely N-dealkylation sites (N-methyl/N-ethyl adjacent to an activating group) is 1. The van der Waals surface area contributed by atoms with Gasteiger partial charge < -0.3 is 24.8 Å². The normalized spacial score (nSPS) is 47.0. The Hall–Kier alpha value is -1.56. The Bertz CT molecular complexity index is 713. The molecule has 1 aromatic carbocycles. The summed E-state index contributed by atoms with van der Waals surface area (Å²) >= 11 is 0. The van der Waals surface area contributed by atoms with E-state index in [1.807, 2.05) is 12.1 Å². The molecule has 0 saturated carbocycles. The maximum absolute atomic E-state index is 12.9. The van der Waals surface area contributed by atoms with Crippen LogP contribution >= 0.6 is 0 Å². The molecule has 1 saturated heterocycles. The van der Waals surface area contributed by atoms with Gasteiger partial charge in [0.2, 0.25) is 0 Å². The van der Waals surface area contributed by atoms with Crippen LogP contribution in [0.15, 0.2) is 24.3 Å². The third-order valence-electron chi connectivity index (χ3n) is 6.38. The van der Waals surface area contributed by atoms with Gasteiger partial charge in [0.05, 0.1) is 25.0 Å². The minimum absolute atomic E-state index is 0.0495. The first kappa shape index (κ1) is 12.9. The molecule has 2 N–H and O–H groups in total. The monoisotopic (exact) mass is 301 g/mol. The number of aliphatic hydroxyl groups excluding tert-OH is 1. The number of phenolic OH excluding ortho intramolecular Hbond substituents is 1. The molecule has 0 aromatic heterocycles. The number of benzene rings is 1. The summed E-state index contributed by atoms with van der Waals surface area (Å²) in [5.41, 5.74) is 1.78. The van der Waals surface area contributed by atoms with Crippen molar-refractivity contribution < 1.29 is 19.6 Å². The van der Waals surface area contributed by atoms with Gasteiger partial charge in [0.15, 0.2) is 11.5 Å². The molecular weight excluding hydrogens is 282 g/mol. The van der Waals surface area contributed by atoms with Gasteiger partial charge >= 0.3 is 0 Å². The summed E-state index contributed by atoms with van der Waals surface area (Å²) in [5.74, 6) is 0.722. The number of aromatic hydroxyl groups is 1. The zero-order valence-corrected chi connectivity index (χ0v) is 12.4. The molecule has 6 atom stereocenters. The molecule has 2 heterocycles. The molecule has 1 unspecified atom stereocenters. The molecule has 1 spiro atoms. The number of quaternary nitrogens is 1. The number of nitrogens with zero attached hydrogens (tertiary/aromatic N) is 1. The average molecular weight is 301 g/mol. The van der Waals surface area contributed by atoms with Crippen LogP contribution in [0, 0.1) is 11.1 Å². The Morgan fingerprint density at radius 1 is 1.36 bits per heavy atom. The molecular formula is C17H19NO4. The van der Waals surface area contributed by atoms with E-state index in [1.54, 1.807) is 19.2 Å². The van der Waals surface area contributed by atoms with E-state index in [0.29, 0.717) is 25.1 Å².